The van der Waals surface area contributed by atoms with Gasteiger partial charge in [-0.2, -0.15) is 0 Å². The Hall–Kier alpha value is -1.71. The first kappa shape index (κ1) is 16.2. The molecule has 0 aliphatic carbocycles. The van der Waals surface area contributed by atoms with Crippen LogP contribution in [0.15, 0.2) is 48.5 Å². The maximum atomic E-state index is 5.53. The molecule has 1 saturated heterocycles. The fourth-order valence-corrected chi connectivity index (χ4v) is 4.08. The molecule has 2 aromatic carbocycles. The predicted octanol–water partition coefficient (Wildman–Crippen LogP) is 0.0828. The first-order valence-corrected chi connectivity index (χ1v) is 8.15. The van der Waals surface area contributed by atoms with E-state index in [1.54, 1.807) is 18.4 Å². The van der Waals surface area contributed by atoms with Crippen molar-refractivity contribution < 1.29 is 17.1 Å². The molecule has 0 bridgehead atoms. The SMILES string of the molecule is COc1ccccc1N1CC[N+]2(CCc3ccccc32)CC1.[Cl-]. The second-order valence-corrected chi connectivity index (χ2v) is 6.35. The highest BCUT2D eigenvalue weighted by Gasteiger charge is 2.40. The summed E-state index contributed by atoms with van der Waals surface area (Å²) in [5.74, 6) is 0.984. The third-order valence-electron chi connectivity index (χ3n) is 5.33. The van der Waals surface area contributed by atoms with E-state index in [-0.39, 0.29) is 12.4 Å². The van der Waals surface area contributed by atoms with Gasteiger partial charge in [-0.3, -0.25) is 4.48 Å². The summed E-state index contributed by atoms with van der Waals surface area (Å²) in [7, 11) is 1.76. The molecule has 0 amide bonds. The summed E-state index contributed by atoms with van der Waals surface area (Å²) in [6, 6.07) is 17.4. The maximum Gasteiger partial charge on any atom is 0.142 e. The number of nitrogens with zero attached hydrogens (tertiary/aromatic N) is 2. The summed E-state index contributed by atoms with van der Waals surface area (Å²) < 4.78 is 6.69. The van der Waals surface area contributed by atoms with Gasteiger partial charge in [-0.25, -0.2) is 0 Å². The highest BCUT2D eigenvalue weighted by molar-refractivity contribution is 5.60. The number of hydrogen-bond donors (Lipinski definition) is 0. The van der Waals surface area contributed by atoms with Crippen molar-refractivity contribution in [2.75, 3.05) is 44.7 Å². The molecule has 2 aromatic rings. The molecular formula is C19H23ClN2O. The van der Waals surface area contributed by atoms with Crippen molar-refractivity contribution >= 4 is 11.4 Å². The van der Waals surface area contributed by atoms with Gasteiger partial charge in [0.25, 0.3) is 0 Å². The van der Waals surface area contributed by atoms with E-state index >= 15 is 0 Å². The van der Waals surface area contributed by atoms with E-state index in [2.05, 4.69) is 47.4 Å². The lowest BCUT2D eigenvalue weighted by atomic mass is 10.1. The van der Waals surface area contributed by atoms with Gasteiger partial charge in [-0.05, 0) is 18.2 Å². The fourth-order valence-electron chi connectivity index (χ4n) is 4.08. The fraction of sp³-hybridized carbons (Fsp3) is 0.368. The first-order chi connectivity index (χ1) is 10.8. The summed E-state index contributed by atoms with van der Waals surface area (Å²) in [6.45, 7) is 5.83. The van der Waals surface area contributed by atoms with E-state index < -0.39 is 0 Å². The molecule has 4 rings (SSSR count). The Morgan fingerprint density at radius 3 is 2.39 bits per heavy atom. The highest BCUT2D eigenvalue weighted by atomic mass is 35.5. The maximum absolute atomic E-state index is 5.53. The number of ether oxygens (including phenoxy) is 1. The van der Waals surface area contributed by atoms with Crippen LogP contribution in [0, 0.1) is 0 Å². The van der Waals surface area contributed by atoms with Crippen molar-refractivity contribution in [1.29, 1.82) is 0 Å². The number of piperazine rings is 1. The molecule has 3 nitrogen and oxygen atoms in total. The van der Waals surface area contributed by atoms with Crippen molar-refractivity contribution in [3.05, 3.63) is 54.1 Å². The molecule has 23 heavy (non-hydrogen) atoms. The van der Waals surface area contributed by atoms with Crippen molar-refractivity contribution in [1.82, 2.24) is 4.48 Å². The van der Waals surface area contributed by atoms with Crippen molar-refractivity contribution in [2.24, 2.45) is 0 Å². The van der Waals surface area contributed by atoms with Crippen LogP contribution in [0.4, 0.5) is 11.4 Å². The van der Waals surface area contributed by atoms with E-state index in [0.29, 0.717) is 0 Å². The second kappa shape index (κ2) is 6.42. The Morgan fingerprint density at radius 1 is 0.913 bits per heavy atom. The largest absolute Gasteiger partial charge is 1.00 e. The first-order valence-electron chi connectivity index (χ1n) is 8.15. The lowest BCUT2D eigenvalue weighted by molar-refractivity contribution is -0.00000465. The molecule has 0 atom stereocenters. The summed E-state index contributed by atoms with van der Waals surface area (Å²) in [5, 5.41) is 0. The van der Waals surface area contributed by atoms with Gasteiger partial charge in [0, 0.05) is 12.0 Å². The van der Waals surface area contributed by atoms with Crippen LogP contribution in [0.25, 0.3) is 0 Å². The minimum absolute atomic E-state index is 0. The van der Waals surface area contributed by atoms with E-state index in [9.17, 15) is 0 Å². The van der Waals surface area contributed by atoms with Gasteiger partial charge >= 0.3 is 0 Å². The number of methoxy groups -OCH3 is 1. The van der Waals surface area contributed by atoms with Crippen LogP contribution in [-0.2, 0) is 6.42 Å². The Balaban J connectivity index is 0.00000156. The number of quaternary nitrogens is 1. The molecule has 2 heterocycles. The van der Waals surface area contributed by atoms with E-state index in [1.807, 2.05) is 6.07 Å². The van der Waals surface area contributed by atoms with Gasteiger partial charge in [0.15, 0.2) is 0 Å². The van der Waals surface area contributed by atoms with Crippen molar-refractivity contribution in [3.8, 4) is 5.75 Å². The minimum atomic E-state index is 0. The molecule has 1 fully saturated rings. The van der Waals surface area contributed by atoms with Gasteiger partial charge in [0.05, 0.1) is 32.4 Å². The number of anilines is 1. The molecular weight excluding hydrogens is 308 g/mol. The Labute approximate surface area is 144 Å². The molecule has 122 valence electrons. The smallest absolute Gasteiger partial charge is 0.142 e. The summed E-state index contributed by atoms with van der Waals surface area (Å²) in [4.78, 5) is 2.48. The number of fused-ring (bicyclic) bond motifs is 2. The van der Waals surface area contributed by atoms with E-state index in [1.165, 1.54) is 36.2 Å². The molecule has 4 heteroatoms. The van der Waals surface area contributed by atoms with Gasteiger partial charge in [0.1, 0.15) is 24.5 Å². The molecule has 0 saturated carbocycles. The molecule has 0 unspecified atom stereocenters. The minimum Gasteiger partial charge on any atom is -1.00 e. The van der Waals surface area contributed by atoms with Gasteiger partial charge in [-0.1, -0.05) is 30.3 Å². The average molecular weight is 331 g/mol. The average Bonchev–Trinajstić information content (AvgIpc) is 2.95. The topological polar surface area (TPSA) is 12.5 Å². The van der Waals surface area contributed by atoms with Crippen LogP contribution < -0.4 is 26.5 Å². The van der Waals surface area contributed by atoms with Crippen LogP contribution in [0.3, 0.4) is 0 Å². The van der Waals surface area contributed by atoms with Gasteiger partial charge in [0.2, 0.25) is 0 Å². The van der Waals surface area contributed by atoms with E-state index in [0.717, 1.165) is 18.8 Å². The molecule has 0 radical (unpaired) electrons. The molecule has 1 spiro atoms. The van der Waals surface area contributed by atoms with Crippen LogP contribution in [0.1, 0.15) is 5.56 Å². The van der Waals surface area contributed by atoms with Crippen LogP contribution in [-0.4, -0.2) is 39.8 Å². The van der Waals surface area contributed by atoms with Crippen molar-refractivity contribution in [3.63, 3.8) is 0 Å². The zero-order chi connectivity index (χ0) is 15.0. The van der Waals surface area contributed by atoms with Crippen LogP contribution in [0.5, 0.6) is 5.75 Å². The van der Waals surface area contributed by atoms with Crippen molar-refractivity contribution in [2.45, 2.75) is 6.42 Å². The summed E-state index contributed by atoms with van der Waals surface area (Å²) in [5.41, 5.74) is 4.34. The molecule has 2 aliphatic rings. The lowest BCUT2D eigenvalue weighted by Crippen LogP contribution is -3.00. The van der Waals surface area contributed by atoms with E-state index in [4.69, 9.17) is 4.74 Å². The monoisotopic (exact) mass is 330 g/mol. The molecule has 0 N–H and O–H groups in total. The van der Waals surface area contributed by atoms with Crippen LogP contribution in [0.2, 0.25) is 0 Å². The third kappa shape index (κ3) is 2.68. The zero-order valence-electron chi connectivity index (χ0n) is 13.5. The quantitative estimate of drug-likeness (QED) is 0.723. The second-order valence-electron chi connectivity index (χ2n) is 6.35. The number of benzene rings is 2. The standard InChI is InChI=1S/C19H23N2O.ClH/c1-22-19-9-5-3-7-17(19)20-11-14-21(15-12-20)13-10-16-6-2-4-8-18(16)21;/h2-9H,10-15H2,1H3;1H/q+1;/p-1. The summed E-state index contributed by atoms with van der Waals surface area (Å²) in [6.07, 6.45) is 1.23. The number of hydrogen-bond acceptors (Lipinski definition) is 2. The number of para-hydroxylation sites is 3. The van der Waals surface area contributed by atoms with Crippen LogP contribution >= 0.6 is 0 Å². The molecule has 2 aliphatic heterocycles. The highest BCUT2D eigenvalue weighted by Crippen LogP contribution is 2.37. The Bertz CT molecular complexity index is 681. The Kier molecular flexibility index (Phi) is 4.51. The lowest BCUT2D eigenvalue weighted by Gasteiger charge is -2.43. The van der Waals surface area contributed by atoms with Gasteiger partial charge < -0.3 is 22.0 Å². The summed E-state index contributed by atoms with van der Waals surface area (Å²) >= 11 is 0. The number of rotatable bonds is 2. The normalized spacial score (nSPS) is 18.4. The third-order valence-corrected chi connectivity index (χ3v) is 5.33. The zero-order valence-corrected chi connectivity index (χ0v) is 14.3. The number of halogens is 1. The van der Waals surface area contributed by atoms with Gasteiger partial charge in [-0.15, -0.1) is 0 Å². The Morgan fingerprint density at radius 2 is 1.61 bits per heavy atom. The molecule has 0 aromatic heterocycles. The predicted molar refractivity (Wildman–Crippen MR) is 91.7 cm³/mol.